The third-order valence-corrected chi connectivity index (χ3v) is 5.00. The Balaban J connectivity index is 1.67. The van der Waals surface area contributed by atoms with E-state index in [2.05, 4.69) is 5.10 Å². The molecule has 1 N–H and O–H groups in total. The average Bonchev–Trinajstić information content (AvgIpc) is 3.10. The zero-order valence-electron chi connectivity index (χ0n) is 16.9. The third kappa shape index (κ3) is 4.52. The Morgan fingerprint density at radius 2 is 1.96 bits per heavy atom. The molecule has 0 aliphatic carbocycles. The molecule has 1 aromatic carbocycles. The average molecular weight is 389 g/mol. The van der Waals surface area contributed by atoms with Crippen LogP contribution in [0.1, 0.15) is 50.8 Å². The van der Waals surface area contributed by atoms with Gasteiger partial charge in [-0.2, -0.15) is 5.10 Å². The van der Waals surface area contributed by atoms with Gasteiger partial charge in [0.05, 0.1) is 18.8 Å². The van der Waals surface area contributed by atoms with Crippen molar-refractivity contribution in [3.8, 4) is 11.1 Å². The molecule has 6 nitrogen and oxygen atoms in total. The number of rotatable bonds is 3. The Kier molecular flexibility index (Phi) is 5.74. The van der Waals surface area contributed by atoms with Crippen LogP contribution >= 0.6 is 0 Å². The molecule has 28 heavy (non-hydrogen) atoms. The first-order valence-corrected chi connectivity index (χ1v) is 9.60. The summed E-state index contributed by atoms with van der Waals surface area (Å²) >= 11 is 0. The lowest BCUT2D eigenvalue weighted by Gasteiger charge is -2.33. The van der Waals surface area contributed by atoms with Crippen molar-refractivity contribution in [1.82, 2.24) is 14.7 Å². The van der Waals surface area contributed by atoms with E-state index in [4.69, 9.17) is 4.74 Å². The van der Waals surface area contributed by atoms with Gasteiger partial charge < -0.3 is 14.7 Å². The number of benzene rings is 1. The van der Waals surface area contributed by atoms with Crippen molar-refractivity contribution in [3.05, 3.63) is 41.5 Å². The summed E-state index contributed by atoms with van der Waals surface area (Å²) in [6.07, 6.45) is 4.95. The highest BCUT2D eigenvalue weighted by Crippen LogP contribution is 2.28. The van der Waals surface area contributed by atoms with Crippen LogP contribution in [0.4, 0.5) is 9.18 Å². The second-order valence-electron chi connectivity index (χ2n) is 8.32. The van der Waals surface area contributed by atoms with Crippen LogP contribution in [-0.4, -0.2) is 44.6 Å². The van der Waals surface area contributed by atoms with E-state index in [0.717, 1.165) is 29.5 Å². The third-order valence-electron chi connectivity index (χ3n) is 5.00. The topological polar surface area (TPSA) is 67.6 Å². The molecule has 1 fully saturated rings. The molecule has 0 saturated carbocycles. The van der Waals surface area contributed by atoms with Gasteiger partial charge in [-0.1, -0.05) is 6.07 Å². The first-order valence-electron chi connectivity index (χ1n) is 9.60. The fourth-order valence-electron chi connectivity index (χ4n) is 3.47. The van der Waals surface area contributed by atoms with Crippen LogP contribution in [0.2, 0.25) is 0 Å². The number of likely N-dealkylation sites (tertiary alicyclic amines) is 1. The molecule has 3 rings (SSSR count). The Hall–Kier alpha value is -2.41. The number of nitrogens with zero attached hydrogens (tertiary/aromatic N) is 3. The van der Waals surface area contributed by atoms with Gasteiger partial charge in [0.2, 0.25) is 0 Å². The number of aliphatic hydroxyl groups excluding tert-OH is 1. The minimum absolute atomic E-state index is 0.190. The van der Waals surface area contributed by atoms with Crippen LogP contribution < -0.4 is 0 Å². The molecule has 152 valence electrons. The van der Waals surface area contributed by atoms with E-state index in [1.54, 1.807) is 18.0 Å². The van der Waals surface area contributed by atoms with Crippen molar-refractivity contribution in [2.24, 2.45) is 0 Å². The predicted molar refractivity (Wildman–Crippen MR) is 104 cm³/mol. The standard InChI is InChI=1S/C21H28FN3O3/c1-14-9-15(10-19(22)18(14)13-26)16-11-23-25(12-16)17-5-7-24(8-6-17)20(27)28-21(2,3)4/h9-12,17,26H,5-8,13H2,1-4H3. The van der Waals surface area contributed by atoms with Gasteiger partial charge in [0.25, 0.3) is 0 Å². The van der Waals surface area contributed by atoms with Crippen molar-refractivity contribution in [2.75, 3.05) is 13.1 Å². The van der Waals surface area contributed by atoms with Crippen molar-refractivity contribution in [2.45, 2.75) is 58.8 Å². The maximum absolute atomic E-state index is 14.2. The zero-order chi connectivity index (χ0) is 20.5. The molecule has 7 heteroatoms. The number of aryl methyl sites for hydroxylation is 1. The lowest BCUT2D eigenvalue weighted by atomic mass is 10.0. The number of hydrogen-bond acceptors (Lipinski definition) is 4. The Labute approximate surface area is 164 Å². The van der Waals surface area contributed by atoms with E-state index < -0.39 is 11.4 Å². The van der Waals surface area contributed by atoms with Gasteiger partial charge in [-0.25, -0.2) is 9.18 Å². The Morgan fingerprint density at radius 1 is 1.29 bits per heavy atom. The summed E-state index contributed by atoms with van der Waals surface area (Å²) < 4.78 is 21.5. The number of ether oxygens (including phenoxy) is 1. The second kappa shape index (κ2) is 7.91. The van der Waals surface area contributed by atoms with Crippen LogP contribution in [0, 0.1) is 12.7 Å². The highest BCUT2D eigenvalue weighted by atomic mass is 19.1. The largest absolute Gasteiger partial charge is 0.444 e. The lowest BCUT2D eigenvalue weighted by molar-refractivity contribution is 0.0185. The monoisotopic (exact) mass is 389 g/mol. The first kappa shape index (κ1) is 20.3. The molecular weight excluding hydrogens is 361 g/mol. The smallest absolute Gasteiger partial charge is 0.410 e. The lowest BCUT2D eigenvalue weighted by Crippen LogP contribution is -2.42. The summed E-state index contributed by atoms with van der Waals surface area (Å²) in [6, 6.07) is 3.49. The molecule has 0 atom stereocenters. The molecule has 0 spiro atoms. The van der Waals surface area contributed by atoms with Gasteiger partial charge in [0.15, 0.2) is 0 Å². The number of aliphatic hydroxyl groups is 1. The van der Waals surface area contributed by atoms with Gasteiger partial charge in [-0.15, -0.1) is 0 Å². The molecule has 2 aromatic rings. The maximum Gasteiger partial charge on any atom is 0.410 e. The summed E-state index contributed by atoms with van der Waals surface area (Å²) in [5, 5.41) is 13.7. The number of amides is 1. The molecule has 2 heterocycles. The number of hydrogen-bond donors (Lipinski definition) is 1. The SMILES string of the molecule is Cc1cc(-c2cnn(C3CCN(C(=O)OC(C)(C)C)CC3)c2)cc(F)c1CO. The number of carbonyl (C=O) groups excluding carboxylic acids is 1. The van der Waals surface area contributed by atoms with Crippen molar-refractivity contribution >= 4 is 6.09 Å². The van der Waals surface area contributed by atoms with E-state index in [9.17, 15) is 14.3 Å². The van der Waals surface area contributed by atoms with Gasteiger partial charge in [0.1, 0.15) is 11.4 Å². The zero-order valence-corrected chi connectivity index (χ0v) is 16.9. The second-order valence-corrected chi connectivity index (χ2v) is 8.32. The molecule has 1 aromatic heterocycles. The Morgan fingerprint density at radius 3 is 2.54 bits per heavy atom. The van der Waals surface area contributed by atoms with E-state index >= 15 is 0 Å². The molecule has 1 saturated heterocycles. The van der Waals surface area contributed by atoms with Gasteiger partial charge in [-0.3, -0.25) is 4.68 Å². The van der Waals surface area contributed by atoms with E-state index in [-0.39, 0.29) is 18.7 Å². The molecule has 0 radical (unpaired) electrons. The summed E-state index contributed by atoms with van der Waals surface area (Å²) in [5.41, 5.74) is 2.12. The van der Waals surface area contributed by atoms with Crippen LogP contribution in [0.5, 0.6) is 0 Å². The molecule has 0 bridgehead atoms. The van der Waals surface area contributed by atoms with Crippen molar-refractivity contribution < 1.29 is 19.0 Å². The summed E-state index contributed by atoms with van der Waals surface area (Å²) in [7, 11) is 0. The van der Waals surface area contributed by atoms with E-state index in [0.29, 0.717) is 18.7 Å². The summed E-state index contributed by atoms with van der Waals surface area (Å²) in [5.74, 6) is -0.407. The fraction of sp³-hybridized carbons (Fsp3) is 0.524. The summed E-state index contributed by atoms with van der Waals surface area (Å²) in [6.45, 7) is 8.30. The number of halogens is 1. The quantitative estimate of drug-likeness (QED) is 0.860. The van der Waals surface area contributed by atoms with Crippen molar-refractivity contribution in [3.63, 3.8) is 0 Å². The fourth-order valence-corrected chi connectivity index (χ4v) is 3.47. The van der Waals surface area contributed by atoms with Crippen LogP contribution in [-0.2, 0) is 11.3 Å². The molecular formula is C21H28FN3O3. The van der Waals surface area contributed by atoms with E-state index in [1.807, 2.05) is 37.7 Å². The van der Waals surface area contributed by atoms with Gasteiger partial charge >= 0.3 is 6.09 Å². The first-order chi connectivity index (χ1) is 13.2. The van der Waals surface area contributed by atoms with Gasteiger partial charge in [0, 0.05) is 30.4 Å². The molecule has 0 unspecified atom stereocenters. The molecule has 1 aliphatic heterocycles. The number of carbonyl (C=O) groups is 1. The van der Waals surface area contributed by atoms with Gasteiger partial charge in [-0.05, 0) is 57.7 Å². The van der Waals surface area contributed by atoms with Crippen LogP contribution in [0.25, 0.3) is 11.1 Å². The normalized spacial score (nSPS) is 15.7. The molecule has 1 aliphatic rings. The maximum atomic E-state index is 14.2. The Bertz CT molecular complexity index is 826. The van der Waals surface area contributed by atoms with Crippen molar-refractivity contribution in [1.29, 1.82) is 0 Å². The summed E-state index contributed by atoms with van der Waals surface area (Å²) in [4.78, 5) is 13.9. The minimum Gasteiger partial charge on any atom is -0.444 e. The predicted octanol–water partition coefficient (Wildman–Crippen LogP) is 4.06. The highest BCUT2D eigenvalue weighted by Gasteiger charge is 2.28. The number of piperidine rings is 1. The molecule has 1 amide bonds. The van der Waals surface area contributed by atoms with Crippen LogP contribution in [0.15, 0.2) is 24.5 Å². The highest BCUT2D eigenvalue weighted by molar-refractivity contribution is 5.68. The van der Waals surface area contributed by atoms with Crippen LogP contribution in [0.3, 0.4) is 0 Å². The number of aromatic nitrogens is 2. The van der Waals surface area contributed by atoms with E-state index in [1.165, 1.54) is 6.07 Å². The minimum atomic E-state index is -0.496.